The van der Waals surface area contributed by atoms with Gasteiger partial charge in [-0.3, -0.25) is 4.79 Å². The van der Waals surface area contributed by atoms with Gasteiger partial charge in [0.25, 0.3) is 0 Å². The van der Waals surface area contributed by atoms with Gasteiger partial charge in [-0.1, -0.05) is 48.7 Å². The van der Waals surface area contributed by atoms with Crippen LogP contribution in [0.2, 0.25) is 5.15 Å². The third kappa shape index (κ3) is 4.37. The Morgan fingerprint density at radius 3 is 2.82 bits per heavy atom. The van der Waals surface area contributed by atoms with E-state index in [1.807, 2.05) is 26.0 Å². The fraction of sp³-hybridized carbons (Fsp3) is 0.500. The average Bonchev–Trinajstić information content (AvgIpc) is 2.95. The van der Waals surface area contributed by atoms with Crippen LogP contribution < -0.4 is 5.32 Å². The maximum atomic E-state index is 12.2. The van der Waals surface area contributed by atoms with E-state index in [1.165, 1.54) is 0 Å². The van der Waals surface area contributed by atoms with Gasteiger partial charge < -0.3 is 5.32 Å². The molecule has 0 aromatic carbocycles. The first-order valence-electron chi connectivity index (χ1n) is 7.23. The van der Waals surface area contributed by atoms with E-state index in [2.05, 4.69) is 10.3 Å². The molecular formula is C16H19Cl3N2O. The van der Waals surface area contributed by atoms with Crippen molar-refractivity contribution < 1.29 is 4.79 Å². The lowest BCUT2D eigenvalue weighted by molar-refractivity contribution is -0.123. The molecule has 22 heavy (non-hydrogen) atoms. The van der Waals surface area contributed by atoms with E-state index in [-0.39, 0.29) is 27.6 Å². The number of carbonyl (C=O) groups is 1. The van der Waals surface area contributed by atoms with E-state index in [4.69, 9.17) is 34.8 Å². The van der Waals surface area contributed by atoms with Crippen molar-refractivity contribution in [2.75, 3.05) is 6.54 Å². The first-order valence-corrected chi connectivity index (χ1v) is 8.36. The second-order valence-electron chi connectivity index (χ2n) is 6.16. The lowest BCUT2D eigenvalue weighted by Gasteiger charge is -2.06. The van der Waals surface area contributed by atoms with E-state index in [0.717, 1.165) is 18.4 Å². The van der Waals surface area contributed by atoms with E-state index in [1.54, 1.807) is 12.3 Å². The summed E-state index contributed by atoms with van der Waals surface area (Å²) in [6.07, 6.45) is 5.16. The molecule has 1 heterocycles. The standard InChI is InChI=1S/C16H19Cl3N2O/c1-16(2)11(9-12(17)18)14(16)15(22)21-6-3-4-10-5-7-20-13(19)8-10/h5,7-9,11,14H,3-4,6H2,1-2H3,(H,21,22). The molecule has 2 unspecified atom stereocenters. The van der Waals surface area contributed by atoms with E-state index >= 15 is 0 Å². The molecule has 0 aliphatic heterocycles. The summed E-state index contributed by atoms with van der Waals surface area (Å²) in [5.74, 6) is 0.112. The number of rotatable bonds is 6. The van der Waals surface area contributed by atoms with Crippen LogP contribution in [-0.2, 0) is 11.2 Å². The lowest BCUT2D eigenvalue weighted by Crippen LogP contribution is -2.28. The lowest BCUT2D eigenvalue weighted by atomic mass is 10.1. The van der Waals surface area contributed by atoms with Crippen LogP contribution >= 0.6 is 34.8 Å². The molecule has 1 aliphatic rings. The molecule has 1 aromatic rings. The van der Waals surface area contributed by atoms with E-state index in [9.17, 15) is 4.79 Å². The third-order valence-corrected chi connectivity index (χ3v) is 4.69. The summed E-state index contributed by atoms with van der Waals surface area (Å²) in [5.41, 5.74) is 1.04. The van der Waals surface area contributed by atoms with Crippen LogP contribution in [0.1, 0.15) is 25.8 Å². The fourth-order valence-electron chi connectivity index (χ4n) is 2.84. The Balaban J connectivity index is 1.76. The zero-order chi connectivity index (χ0) is 16.3. The number of carbonyl (C=O) groups excluding carboxylic acids is 1. The summed E-state index contributed by atoms with van der Waals surface area (Å²) in [4.78, 5) is 16.2. The Morgan fingerprint density at radius 1 is 1.45 bits per heavy atom. The van der Waals surface area contributed by atoms with Crippen molar-refractivity contribution in [1.82, 2.24) is 10.3 Å². The summed E-state index contributed by atoms with van der Waals surface area (Å²) in [5, 5.41) is 3.48. The number of aryl methyl sites for hydroxylation is 1. The predicted molar refractivity (Wildman–Crippen MR) is 91.1 cm³/mol. The Morgan fingerprint density at radius 2 is 2.18 bits per heavy atom. The second kappa shape index (κ2) is 7.20. The quantitative estimate of drug-likeness (QED) is 0.603. The molecule has 3 nitrogen and oxygen atoms in total. The van der Waals surface area contributed by atoms with Crippen molar-refractivity contribution >= 4 is 40.7 Å². The Hall–Kier alpha value is -0.770. The topological polar surface area (TPSA) is 42.0 Å². The molecule has 1 saturated carbocycles. The van der Waals surface area contributed by atoms with Crippen LogP contribution in [-0.4, -0.2) is 17.4 Å². The highest BCUT2D eigenvalue weighted by Crippen LogP contribution is 2.59. The van der Waals surface area contributed by atoms with Crippen molar-refractivity contribution in [2.24, 2.45) is 17.3 Å². The van der Waals surface area contributed by atoms with Gasteiger partial charge in [0.2, 0.25) is 5.91 Å². The predicted octanol–water partition coefficient (Wildman–Crippen LogP) is 4.38. The first-order chi connectivity index (χ1) is 10.3. The minimum Gasteiger partial charge on any atom is -0.356 e. The first kappa shape index (κ1) is 17.6. The molecule has 1 aliphatic carbocycles. The zero-order valence-electron chi connectivity index (χ0n) is 12.6. The van der Waals surface area contributed by atoms with Crippen LogP contribution in [0.5, 0.6) is 0 Å². The number of nitrogens with zero attached hydrogens (tertiary/aromatic N) is 1. The van der Waals surface area contributed by atoms with Gasteiger partial charge in [0.15, 0.2) is 0 Å². The summed E-state index contributed by atoms with van der Waals surface area (Å²) in [6.45, 7) is 4.73. The summed E-state index contributed by atoms with van der Waals surface area (Å²) in [7, 11) is 0. The normalized spacial score (nSPS) is 22.0. The highest BCUT2D eigenvalue weighted by molar-refractivity contribution is 6.55. The maximum absolute atomic E-state index is 12.2. The van der Waals surface area contributed by atoms with Gasteiger partial charge in [0.05, 0.1) is 5.92 Å². The SMILES string of the molecule is CC1(C)C(C=C(Cl)Cl)C1C(=O)NCCCc1ccnc(Cl)c1. The number of aromatic nitrogens is 1. The molecule has 2 rings (SSSR count). The molecule has 1 amide bonds. The van der Waals surface area contributed by atoms with Crippen molar-refractivity contribution in [3.63, 3.8) is 0 Å². The van der Waals surface area contributed by atoms with Gasteiger partial charge in [0, 0.05) is 12.7 Å². The van der Waals surface area contributed by atoms with Gasteiger partial charge >= 0.3 is 0 Å². The summed E-state index contributed by atoms with van der Waals surface area (Å²) >= 11 is 17.2. The van der Waals surface area contributed by atoms with Crippen molar-refractivity contribution in [1.29, 1.82) is 0 Å². The van der Waals surface area contributed by atoms with Crippen LogP contribution in [0.3, 0.4) is 0 Å². The maximum Gasteiger partial charge on any atom is 0.224 e. The molecule has 0 radical (unpaired) electrons. The van der Waals surface area contributed by atoms with Gasteiger partial charge in [-0.15, -0.1) is 0 Å². The largest absolute Gasteiger partial charge is 0.356 e. The molecule has 6 heteroatoms. The molecule has 0 bridgehead atoms. The molecule has 1 N–H and O–H groups in total. The monoisotopic (exact) mass is 360 g/mol. The number of nitrogens with one attached hydrogen (secondary N) is 1. The summed E-state index contributed by atoms with van der Waals surface area (Å²) < 4.78 is 0.225. The van der Waals surface area contributed by atoms with Crippen LogP contribution in [0.15, 0.2) is 28.9 Å². The minimum atomic E-state index is -0.0856. The summed E-state index contributed by atoms with van der Waals surface area (Å²) in [6, 6.07) is 3.78. The van der Waals surface area contributed by atoms with Gasteiger partial charge in [0.1, 0.15) is 9.64 Å². The van der Waals surface area contributed by atoms with Gasteiger partial charge in [-0.25, -0.2) is 4.98 Å². The number of halogens is 3. The van der Waals surface area contributed by atoms with Crippen LogP contribution in [0.4, 0.5) is 0 Å². The third-order valence-electron chi connectivity index (χ3n) is 4.23. The number of hydrogen-bond acceptors (Lipinski definition) is 2. The van der Waals surface area contributed by atoms with Gasteiger partial charge in [-0.2, -0.15) is 0 Å². The van der Waals surface area contributed by atoms with Gasteiger partial charge in [-0.05, 0) is 47.9 Å². The van der Waals surface area contributed by atoms with Crippen LogP contribution in [0.25, 0.3) is 0 Å². The molecule has 2 atom stereocenters. The van der Waals surface area contributed by atoms with Crippen molar-refractivity contribution in [2.45, 2.75) is 26.7 Å². The molecule has 0 spiro atoms. The van der Waals surface area contributed by atoms with Crippen LogP contribution in [0, 0.1) is 17.3 Å². The fourth-order valence-corrected chi connectivity index (χ4v) is 3.31. The number of hydrogen-bond donors (Lipinski definition) is 1. The molecule has 1 fully saturated rings. The highest BCUT2D eigenvalue weighted by atomic mass is 35.5. The van der Waals surface area contributed by atoms with E-state index < -0.39 is 0 Å². The Bertz CT molecular complexity index is 583. The highest BCUT2D eigenvalue weighted by Gasteiger charge is 2.60. The number of allylic oxidation sites excluding steroid dienone is 1. The Kier molecular flexibility index (Phi) is 5.76. The number of pyridine rings is 1. The molecule has 120 valence electrons. The molecular weight excluding hydrogens is 343 g/mol. The smallest absolute Gasteiger partial charge is 0.224 e. The Labute approximate surface area is 146 Å². The van der Waals surface area contributed by atoms with E-state index in [0.29, 0.717) is 11.7 Å². The average molecular weight is 362 g/mol. The minimum absolute atomic E-state index is 0.0598. The van der Waals surface area contributed by atoms with Crippen molar-refractivity contribution in [3.05, 3.63) is 39.6 Å². The molecule has 1 aromatic heterocycles. The zero-order valence-corrected chi connectivity index (χ0v) is 14.8. The number of amides is 1. The van der Waals surface area contributed by atoms with Crippen molar-refractivity contribution in [3.8, 4) is 0 Å². The second-order valence-corrected chi connectivity index (χ2v) is 7.56. The molecule has 0 saturated heterocycles.